The summed E-state index contributed by atoms with van der Waals surface area (Å²) in [6, 6.07) is 2.95. The number of phosphoric ester groups is 1. The van der Waals surface area contributed by atoms with Crippen molar-refractivity contribution in [3.8, 4) is 5.75 Å². The zero-order valence-corrected chi connectivity index (χ0v) is 16.6. The molecule has 1 aromatic carbocycles. The number of fused-ring (bicyclic) bond motifs is 1. The van der Waals surface area contributed by atoms with Crippen molar-refractivity contribution >= 4 is 19.4 Å². The smallest absolute Gasteiger partial charge is 0.404 e. The fourth-order valence-corrected chi connectivity index (χ4v) is 3.94. The number of phosphoric acid groups is 1. The van der Waals surface area contributed by atoms with Gasteiger partial charge in [0, 0.05) is 11.8 Å². The van der Waals surface area contributed by atoms with E-state index in [-0.39, 0.29) is 15.9 Å². The molecule has 1 unspecified atom stereocenters. The number of benzene rings is 1. The fraction of sp³-hybridized carbons (Fsp3) is 0.375. The van der Waals surface area contributed by atoms with Gasteiger partial charge in [0.25, 0.3) is 11.4 Å². The van der Waals surface area contributed by atoms with E-state index >= 15 is 4.39 Å². The number of rotatable bonds is 4. The molecule has 0 aliphatic carbocycles. The number of aliphatic hydroxyl groups is 2. The molecule has 15 heteroatoms. The number of ether oxygens (including phenoxy) is 1. The van der Waals surface area contributed by atoms with Crippen molar-refractivity contribution in [2.75, 3.05) is 6.56 Å². The van der Waals surface area contributed by atoms with Crippen LogP contribution in [0.5, 0.6) is 5.75 Å². The number of H-pyrrole nitrogens is 1. The summed E-state index contributed by atoms with van der Waals surface area (Å²) in [7, 11) is -4.97. The highest BCUT2D eigenvalue weighted by molar-refractivity contribution is 7.49. The fourth-order valence-electron chi connectivity index (χ4n) is 2.70. The van der Waals surface area contributed by atoms with Gasteiger partial charge in [-0.15, -0.1) is 0 Å². The molecule has 5 atom stereocenters. The van der Waals surface area contributed by atoms with Gasteiger partial charge < -0.3 is 19.5 Å². The zero-order valence-electron chi connectivity index (χ0n) is 18.0. The maximum absolute atomic E-state index is 15.7. The van der Waals surface area contributed by atoms with Crippen LogP contribution in [0.2, 0.25) is 5.02 Å². The second-order valence-corrected chi connectivity index (χ2v) is 8.26. The first kappa shape index (κ1) is 18.5. The second-order valence-electron chi connectivity index (χ2n) is 6.34. The minimum absolute atomic E-state index is 0.0812. The number of aromatic amines is 1. The molecule has 2 aliphatic heterocycles. The van der Waals surface area contributed by atoms with Crippen LogP contribution in [-0.4, -0.2) is 44.4 Å². The summed E-state index contributed by atoms with van der Waals surface area (Å²) in [5.74, 6) is -5.05. The molecule has 3 heterocycles. The minimum atomic E-state index is -4.97. The van der Waals surface area contributed by atoms with E-state index in [1.54, 1.807) is 4.98 Å². The predicted octanol–water partition coefficient (Wildman–Crippen LogP) is 0.979. The summed E-state index contributed by atoms with van der Waals surface area (Å²) in [5, 5.41) is 19.9. The monoisotopic (exact) mass is 485 g/mol. The average molecular weight is 486 g/mol. The standard InChI is InChI=1S/C16H14ClF2N2O9P/c17-9-4-21(15(25)20-13(9)24)14-11(22)12(23)16(19,29-14)6-28-31(26)27-5-7-3-8(18)1-2-10(7)30-31/h1-4,11-12,14,22-23H,5-6H2,(H,20,24,25)/t11-,12+,14-,16-,31?/m1/s1/i6D2,14D. The van der Waals surface area contributed by atoms with E-state index in [0.29, 0.717) is 6.20 Å². The van der Waals surface area contributed by atoms with Crippen LogP contribution in [-0.2, 0) is 25.0 Å². The number of aliphatic hydroxyl groups excluding tert-OH is 2. The third kappa shape index (κ3) is 4.05. The Bertz CT molecular complexity index is 1330. The summed E-state index contributed by atoms with van der Waals surface area (Å²) in [6.07, 6.45) is -8.34. The normalized spacial score (nSPS) is 36.7. The molecule has 1 saturated heterocycles. The predicted molar refractivity (Wildman–Crippen MR) is 97.7 cm³/mol. The molecule has 31 heavy (non-hydrogen) atoms. The van der Waals surface area contributed by atoms with Gasteiger partial charge in [0.2, 0.25) is 0 Å². The molecule has 168 valence electrons. The van der Waals surface area contributed by atoms with Crippen molar-refractivity contribution in [1.82, 2.24) is 9.55 Å². The lowest BCUT2D eigenvalue weighted by Gasteiger charge is -2.28. The zero-order chi connectivity index (χ0) is 25.3. The van der Waals surface area contributed by atoms with Crippen LogP contribution in [0.15, 0.2) is 34.0 Å². The Kier molecular flexibility index (Phi) is 4.63. The van der Waals surface area contributed by atoms with Gasteiger partial charge in [-0.2, -0.15) is 0 Å². The minimum Gasteiger partial charge on any atom is -0.404 e. The number of halogens is 3. The lowest BCUT2D eigenvalue weighted by Crippen LogP contribution is -2.43. The summed E-state index contributed by atoms with van der Waals surface area (Å²) < 4.78 is 85.0. The van der Waals surface area contributed by atoms with E-state index in [1.165, 1.54) is 0 Å². The number of hydrogen-bond donors (Lipinski definition) is 3. The van der Waals surface area contributed by atoms with Crippen molar-refractivity contribution in [3.63, 3.8) is 0 Å². The molecule has 0 radical (unpaired) electrons. The molecule has 2 aromatic rings. The van der Waals surface area contributed by atoms with Gasteiger partial charge >= 0.3 is 13.5 Å². The summed E-state index contributed by atoms with van der Waals surface area (Å²) in [5.41, 5.74) is -2.43. The summed E-state index contributed by atoms with van der Waals surface area (Å²) in [6.45, 7) is -4.53. The highest BCUT2D eigenvalue weighted by Gasteiger charge is 2.57. The average Bonchev–Trinajstić information content (AvgIpc) is 2.92. The largest absolute Gasteiger partial charge is 0.530 e. The van der Waals surface area contributed by atoms with Gasteiger partial charge in [-0.05, 0) is 18.2 Å². The van der Waals surface area contributed by atoms with Crippen molar-refractivity contribution in [3.05, 3.63) is 61.6 Å². The van der Waals surface area contributed by atoms with Gasteiger partial charge in [0.15, 0.2) is 6.20 Å². The number of hydrogen-bond acceptors (Lipinski definition) is 9. The topological polar surface area (TPSA) is 149 Å². The third-order valence-corrected chi connectivity index (χ3v) is 5.68. The van der Waals surface area contributed by atoms with Crippen molar-refractivity contribution in [1.29, 1.82) is 0 Å². The molecule has 0 amide bonds. The van der Waals surface area contributed by atoms with Crippen LogP contribution in [0.25, 0.3) is 0 Å². The Labute approximate surface area is 180 Å². The molecule has 0 bridgehead atoms. The van der Waals surface area contributed by atoms with E-state index in [4.69, 9.17) is 24.8 Å². The number of aromatic nitrogens is 2. The van der Waals surface area contributed by atoms with Crippen LogP contribution >= 0.6 is 19.4 Å². The number of alkyl halides is 1. The van der Waals surface area contributed by atoms with Crippen LogP contribution in [0, 0.1) is 5.82 Å². The first-order chi connectivity index (χ1) is 15.6. The van der Waals surface area contributed by atoms with Crippen molar-refractivity contribution in [2.45, 2.75) is 30.9 Å². The van der Waals surface area contributed by atoms with Crippen LogP contribution in [0.1, 0.15) is 15.9 Å². The van der Waals surface area contributed by atoms with E-state index in [0.717, 1.165) is 18.2 Å². The number of nitrogens with one attached hydrogen (secondary N) is 1. The van der Waals surface area contributed by atoms with Crippen LogP contribution < -0.4 is 15.8 Å². The van der Waals surface area contributed by atoms with E-state index in [2.05, 4.69) is 9.26 Å². The van der Waals surface area contributed by atoms with Gasteiger partial charge in [-0.3, -0.25) is 23.4 Å². The van der Waals surface area contributed by atoms with Gasteiger partial charge in [0.1, 0.15) is 35.4 Å². The van der Waals surface area contributed by atoms with E-state index < -0.39 is 67.3 Å². The Balaban J connectivity index is 1.67. The SMILES string of the molecule is [2H]C([2H])(OP1(=O)OCc2cc(F)ccc2O1)[C@@]1(F)O[C@@]([2H])(n2cc(Cl)c(=O)[nH]c2=O)[C@H](O)[C@@H]1O. The molecule has 0 spiro atoms. The molecule has 0 saturated carbocycles. The lowest BCUT2D eigenvalue weighted by atomic mass is 10.1. The Morgan fingerprint density at radius 1 is 1.48 bits per heavy atom. The highest BCUT2D eigenvalue weighted by atomic mass is 35.5. The van der Waals surface area contributed by atoms with Crippen LogP contribution in [0.3, 0.4) is 0 Å². The quantitative estimate of drug-likeness (QED) is 0.538. The van der Waals surface area contributed by atoms with Crippen molar-refractivity contribution in [2.24, 2.45) is 0 Å². The second kappa shape index (κ2) is 7.78. The Morgan fingerprint density at radius 3 is 2.97 bits per heavy atom. The van der Waals surface area contributed by atoms with E-state index in [1.807, 2.05) is 0 Å². The molecule has 3 N–H and O–H groups in total. The van der Waals surface area contributed by atoms with Gasteiger partial charge in [-0.1, -0.05) is 11.6 Å². The van der Waals surface area contributed by atoms with Gasteiger partial charge in [-0.25, -0.2) is 18.1 Å². The Hall–Kier alpha value is -2.12. The lowest BCUT2D eigenvalue weighted by molar-refractivity contribution is -0.205. The first-order valence-corrected chi connectivity index (χ1v) is 10.2. The summed E-state index contributed by atoms with van der Waals surface area (Å²) in [4.78, 5) is 25.2. The molecule has 2 aliphatic rings. The third-order valence-electron chi connectivity index (χ3n) is 4.23. The molecular weight excluding hydrogens is 469 g/mol. The molecule has 1 aromatic heterocycles. The summed E-state index contributed by atoms with van der Waals surface area (Å²) >= 11 is 5.60. The Morgan fingerprint density at radius 2 is 2.23 bits per heavy atom. The van der Waals surface area contributed by atoms with E-state index in [9.17, 15) is 28.8 Å². The highest BCUT2D eigenvalue weighted by Crippen LogP contribution is 2.55. The molecule has 1 fully saturated rings. The maximum atomic E-state index is 15.7. The number of nitrogens with zero attached hydrogens (tertiary/aromatic N) is 1. The first-order valence-electron chi connectivity index (χ1n) is 9.82. The molecular formula is C16H14ClF2N2O9P. The van der Waals surface area contributed by atoms with Crippen LogP contribution in [0.4, 0.5) is 8.78 Å². The molecule has 4 rings (SSSR count). The van der Waals surface area contributed by atoms with Crippen molar-refractivity contribution < 1.29 is 46.0 Å². The molecule has 11 nitrogen and oxygen atoms in total. The maximum Gasteiger partial charge on any atom is 0.530 e. The van der Waals surface area contributed by atoms with Gasteiger partial charge in [0.05, 0.1) is 10.7 Å².